The average molecular weight is 560 g/mol. The predicted octanol–water partition coefficient (Wildman–Crippen LogP) is 4.84. The van der Waals surface area contributed by atoms with Gasteiger partial charge < -0.3 is 10.2 Å². The first kappa shape index (κ1) is 29.1. The predicted molar refractivity (Wildman–Crippen MR) is 147 cm³/mol. The number of hydrogen-bond acceptors (Lipinski definition) is 4. The minimum absolute atomic E-state index is 0.0112. The van der Waals surface area contributed by atoms with Crippen LogP contribution >= 0.6 is 11.6 Å². The fourth-order valence-electron chi connectivity index (χ4n) is 3.89. The molecule has 0 aliphatic heterocycles. The van der Waals surface area contributed by atoms with Gasteiger partial charge in [-0.3, -0.25) is 13.9 Å². The fraction of sp³-hybridized carbons (Fsp3) is 0.286. The maximum atomic E-state index is 13.9. The third kappa shape index (κ3) is 6.90. The summed E-state index contributed by atoms with van der Waals surface area (Å²) in [6, 6.07) is 15.8. The monoisotopic (exact) mass is 559 g/mol. The van der Waals surface area contributed by atoms with Crippen LogP contribution in [0, 0.1) is 19.7 Å². The lowest BCUT2D eigenvalue weighted by molar-refractivity contribution is -0.139. The average Bonchev–Trinajstić information content (AvgIpc) is 2.88. The number of carbonyl (C=O) groups excluding carboxylic acids is 2. The molecule has 3 aromatic rings. The van der Waals surface area contributed by atoms with Gasteiger partial charge in [0.15, 0.2) is 0 Å². The van der Waals surface area contributed by atoms with Gasteiger partial charge in [0.25, 0.3) is 10.0 Å². The van der Waals surface area contributed by atoms with Gasteiger partial charge in [-0.05, 0) is 75.2 Å². The van der Waals surface area contributed by atoms with E-state index in [0.717, 1.165) is 9.87 Å². The first-order valence-corrected chi connectivity index (χ1v) is 13.9. The number of sulfonamides is 1. The summed E-state index contributed by atoms with van der Waals surface area (Å²) in [6.07, 6.45) is 0. The van der Waals surface area contributed by atoms with E-state index in [1.54, 1.807) is 45.0 Å². The van der Waals surface area contributed by atoms with Crippen molar-refractivity contribution in [2.24, 2.45) is 0 Å². The van der Waals surface area contributed by atoms with E-state index in [0.29, 0.717) is 22.7 Å². The number of aryl methyl sites for hydroxylation is 2. The van der Waals surface area contributed by atoms with Gasteiger partial charge in [-0.25, -0.2) is 12.8 Å². The SMILES string of the molecule is CCNC(=O)C(C)N(Cc1ccc(F)cc1)C(=O)CN(c1cc(Cl)ccc1C)S(=O)(=O)c1ccc(C)cc1. The lowest BCUT2D eigenvalue weighted by atomic mass is 10.1. The van der Waals surface area contributed by atoms with Crippen molar-refractivity contribution < 1.29 is 22.4 Å². The van der Waals surface area contributed by atoms with Gasteiger partial charge in [0, 0.05) is 18.1 Å². The van der Waals surface area contributed by atoms with Crippen LogP contribution in [0.1, 0.15) is 30.5 Å². The fourth-order valence-corrected chi connectivity index (χ4v) is 5.53. The van der Waals surface area contributed by atoms with Gasteiger partial charge in [0.05, 0.1) is 10.6 Å². The van der Waals surface area contributed by atoms with Crippen LogP contribution in [-0.2, 0) is 26.2 Å². The number of nitrogens with one attached hydrogen (secondary N) is 1. The quantitative estimate of drug-likeness (QED) is 0.385. The van der Waals surface area contributed by atoms with Crippen LogP contribution in [0.3, 0.4) is 0 Å². The Bertz CT molecular complexity index is 1400. The molecule has 0 heterocycles. The Hall–Kier alpha value is -3.43. The number of likely N-dealkylation sites (N-methyl/N-ethyl adjacent to an activating group) is 1. The Morgan fingerprint density at radius 2 is 1.63 bits per heavy atom. The highest BCUT2D eigenvalue weighted by atomic mass is 35.5. The van der Waals surface area contributed by atoms with E-state index in [1.807, 2.05) is 6.92 Å². The number of anilines is 1. The van der Waals surface area contributed by atoms with E-state index in [4.69, 9.17) is 11.6 Å². The maximum absolute atomic E-state index is 13.9. The van der Waals surface area contributed by atoms with Crippen molar-refractivity contribution in [1.82, 2.24) is 10.2 Å². The van der Waals surface area contributed by atoms with Crippen molar-refractivity contribution in [1.29, 1.82) is 0 Å². The molecule has 0 aliphatic carbocycles. The van der Waals surface area contributed by atoms with Crippen LogP contribution in [-0.4, -0.2) is 44.3 Å². The van der Waals surface area contributed by atoms with Crippen molar-refractivity contribution in [2.45, 2.75) is 45.2 Å². The van der Waals surface area contributed by atoms with E-state index in [-0.39, 0.29) is 17.1 Å². The summed E-state index contributed by atoms with van der Waals surface area (Å²) in [7, 11) is -4.20. The first-order valence-electron chi connectivity index (χ1n) is 12.1. The van der Waals surface area contributed by atoms with Crippen molar-refractivity contribution in [3.8, 4) is 0 Å². The molecular weight excluding hydrogens is 529 g/mol. The largest absolute Gasteiger partial charge is 0.355 e. The summed E-state index contributed by atoms with van der Waals surface area (Å²) in [4.78, 5) is 27.8. The van der Waals surface area contributed by atoms with E-state index < -0.39 is 40.2 Å². The van der Waals surface area contributed by atoms with Crippen molar-refractivity contribution >= 4 is 39.1 Å². The normalized spacial score (nSPS) is 12.1. The van der Waals surface area contributed by atoms with Crippen LogP contribution in [0.25, 0.3) is 0 Å². The second-order valence-electron chi connectivity index (χ2n) is 8.97. The van der Waals surface area contributed by atoms with E-state index in [1.165, 1.54) is 47.4 Å². The molecule has 3 rings (SSSR count). The molecule has 0 saturated heterocycles. The van der Waals surface area contributed by atoms with Gasteiger partial charge in [0.2, 0.25) is 11.8 Å². The lowest BCUT2D eigenvalue weighted by Gasteiger charge is -2.32. The minimum Gasteiger partial charge on any atom is -0.355 e. The van der Waals surface area contributed by atoms with E-state index in [2.05, 4.69) is 5.32 Å². The Morgan fingerprint density at radius 3 is 2.24 bits per heavy atom. The highest BCUT2D eigenvalue weighted by Crippen LogP contribution is 2.30. The smallest absolute Gasteiger partial charge is 0.264 e. The molecule has 202 valence electrons. The summed E-state index contributed by atoms with van der Waals surface area (Å²) >= 11 is 6.22. The van der Waals surface area contributed by atoms with Crippen molar-refractivity contribution in [3.05, 3.63) is 94.3 Å². The Morgan fingerprint density at radius 1 is 1.00 bits per heavy atom. The topological polar surface area (TPSA) is 86.8 Å². The minimum atomic E-state index is -4.20. The first-order chi connectivity index (χ1) is 17.9. The summed E-state index contributed by atoms with van der Waals surface area (Å²) in [6.45, 7) is 6.64. The number of carbonyl (C=O) groups is 2. The second-order valence-corrected chi connectivity index (χ2v) is 11.3. The summed E-state index contributed by atoms with van der Waals surface area (Å²) in [5.41, 5.74) is 2.31. The Kier molecular flexibility index (Phi) is 9.51. The van der Waals surface area contributed by atoms with Gasteiger partial charge in [-0.15, -0.1) is 0 Å². The number of hydrogen-bond donors (Lipinski definition) is 1. The molecule has 3 aromatic carbocycles. The molecular formula is C28H31ClFN3O4S. The molecule has 7 nitrogen and oxygen atoms in total. The van der Waals surface area contributed by atoms with Gasteiger partial charge in [-0.1, -0.05) is 47.5 Å². The standard InChI is InChI=1S/C28H31ClFN3O4S/c1-5-31-28(35)21(4)32(17-22-9-12-24(30)13-10-22)27(34)18-33(26-16-23(29)11-8-20(26)3)38(36,37)25-14-6-19(2)7-15-25/h6-16,21H,5,17-18H2,1-4H3,(H,31,35). The summed E-state index contributed by atoms with van der Waals surface area (Å²) < 4.78 is 42.2. The molecule has 38 heavy (non-hydrogen) atoms. The third-order valence-electron chi connectivity index (χ3n) is 6.11. The molecule has 0 aliphatic rings. The molecule has 1 atom stereocenters. The molecule has 0 fully saturated rings. The Balaban J connectivity index is 2.07. The zero-order valence-electron chi connectivity index (χ0n) is 21.7. The van der Waals surface area contributed by atoms with Gasteiger partial charge in [0.1, 0.15) is 18.4 Å². The molecule has 0 bridgehead atoms. The number of amides is 2. The summed E-state index contributed by atoms with van der Waals surface area (Å²) in [5.74, 6) is -1.44. The highest BCUT2D eigenvalue weighted by molar-refractivity contribution is 7.92. The van der Waals surface area contributed by atoms with Gasteiger partial charge >= 0.3 is 0 Å². The molecule has 1 N–H and O–H groups in total. The molecule has 0 saturated carbocycles. The van der Waals surface area contributed by atoms with E-state index >= 15 is 0 Å². The number of halogens is 2. The Labute approximate surface area is 228 Å². The summed E-state index contributed by atoms with van der Waals surface area (Å²) in [5, 5.41) is 3.00. The van der Waals surface area contributed by atoms with Crippen molar-refractivity contribution in [2.75, 3.05) is 17.4 Å². The number of nitrogens with zero attached hydrogens (tertiary/aromatic N) is 2. The molecule has 0 aromatic heterocycles. The van der Waals surface area contributed by atoms with Crippen LogP contribution < -0.4 is 9.62 Å². The zero-order chi connectivity index (χ0) is 28.0. The second kappa shape index (κ2) is 12.4. The lowest BCUT2D eigenvalue weighted by Crippen LogP contribution is -2.51. The van der Waals surface area contributed by atoms with Crippen LogP contribution in [0.4, 0.5) is 10.1 Å². The van der Waals surface area contributed by atoms with Gasteiger partial charge in [-0.2, -0.15) is 0 Å². The van der Waals surface area contributed by atoms with Crippen LogP contribution in [0.2, 0.25) is 5.02 Å². The molecule has 10 heteroatoms. The zero-order valence-corrected chi connectivity index (χ0v) is 23.3. The molecule has 2 amide bonds. The number of rotatable bonds is 10. The van der Waals surface area contributed by atoms with Crippen molar-refractivity contribution in [3.63, 3.8) is 0 Å². The van der Waals surface area contributed by atoms with E-state index in [9.17, 15) is 22.4 Å². The maximum Gasteiger partial charge on any atom is 0.264 e. The third-order valence-corrected chi connectivity index (χ3v) is 8.12. The molecule has 1 unspecified atom stereocenters. The van der Waals surface area contributed by atoms with Crippen LogP contribution in [0.5, 0.6) is 0 Å². The molecule has 0 radical (unpaired) electrons. The number of benzene rings is 3. The van der Waals surface area contributed by atoms with Crippen LogP contribution in [0.15, 0.2) is 71.6 Å². The highest BCUT2D eigenvalue weighted by Gasteiger charge is 2.33. The molecule has 0 spiro atoms.